The van der Waals surface area contributed by atoms with Crippen molar-refractivity contribution in [3.63, 3.8) is 0 Å². The monoisotopic (exact) mass is 258 g/mol. The molecular weight excluding hydrogens is 232 g/mol. The minimum atomic E-state index is 0.868. The molecule has 0 aromatic heterocycles. The summed E-state index contributed by atoms with van der Waals surface area (Å²) in [6.07, 6.45) is 8.11. The van der Waals surface area contributed by atoms with Gasteiger partial charge in [0.05, 0.1) is 5.71 Å². The van der Waals surface area contributed by atoms with E-state index in [0.717, 1.165) is 19.5 Å². The van der Waals surface area contributed by atoms with Gasteiger partial charge in [0.1, 0.15) is 0 Å². The number of hydrogen-bond acceptors (Lipinski definition) is 2. The van der Waals surface area contributed by atoms with Crippen molar-refractivity contribution in [1.29, 1.82) is 0 Å². The number of nitrogens with zero attached hydrogens (tertiary/aromatic N) is 2. The fraction of sp³-hybridized carbons (Fsp3) is 0.588. The van der Waals surface area contributed by atoms with Gasteiger partial charge in [-0.1, -0.05) is 18.6 Å². The molecule has 2 heteroatoms. The Bertz CT molecular complexity index is 464. The Kier molecular flexibility index (Phi) is 4.62. The molecule has 19 heavy (non-hydrogen) atoms. The van der Waals surface area contributed by atoms with E-state index in [9.17, 15) is 0 Å². The quantitative estimate of drug-likeness (QED) is 0.743. The SMILES string of the molecule is CCN=C1C2=C(C=C/C1=C(/C)CC)N(CC)CCC2. The third kappa shape index (κ3) is 2.68. The summed E-state index contributed by atoms with van der Waals surface area (Å²) in [4.78, 5) is 7.29. The van der Waals surface area contributed by atoms with Gasteiger partial charge >= 0.3 is 0 Å². The van der Waals surface area contributed by atoms with Gasteiger partial charge in [-0.15, -0.1) is 0 Å². The second kappa shape index (κ2) is 6.23. The number of likely N-dealkylation sites (N-methyl/N-ethyl adjacent to an activating group) is 1. The normalized spacial score (nSPS) is 24.0. The lowest BCUT2D eigenvalue weighted by Gasteiger charge is -2.34. The van der Waals surface area contributed by atoms with Crippen molar-refractivity contribution < 1.29 is 0 Å². The standard InChI is InChI=1S/C17H26N2/c1-5-13(4)14-10-11-16-15(17(14)18-6-2)9-8-12-19(16)7-3/h10-11H,5-9,12H2,1-4H3/b14-13+,18-17?. The highest BCUT2D eigenvalue weighted by atomic mass is 15.1. The maximum absolute atomic E-state index is 4.81. The largest absolute Gasteiger partial charge is 0.372 e. The molecule has 0 N–H and O–H groups in total. The van der Waals surface area contributed by atoms with E-state index in [-0.39, 0.29) is 0 Å². The molecule has 0 aromatic rings. The Labute approximate surface area is 117 Å². The van der Waals surface area contributed by atoms with Crippen molar-refractivity contribution in [3.8, 4) is 0 Å². The van der Waals surface area contributed by atoms with Crippen molar-refractivity contribution in [3.05, 3.63) is 34.6 Å². The van der Waals surface area contributed by atoms with Gasteiger partial charge in [0, 0.05) is 30.9 Å². The van der Waals surface area contributed by atoms with Crippen LogP contribution in [0.3, 0.4) is 0 Å². The summed E-state index contributed by atoms with van der Waals surface area (Å²) in [5, 5.41) is 0. The fourth-order valence-electron chi connectivity index (χ4n) is 2.94. The average Bonchev–Trinajstić information content (AvgIpc) is 2.46. The number of allylic oxidation sites excluding steroid dienone is 5. The first-order chi connectivity index (χ1) is 9.22. The van der Waals surface area contributed by atoms with Crippen molar-refractivity contribution in [2.75, 3.05) is 19.6 Å². The summed E-state index contributed by atoms with van der Waals surface area (Å²) in [7, 11) is 0. The predicted octanol–water partition coefficient (Wildman–Crippen LogP) is 4.11. The summed E-state index contributed by atoms with van der Waals surface area (Å²) >= 11 is 0. The molecule has 1 aliphatic heterocycles. The minimum absolute atomic E-state index is 0.868. The van der Waals surface area contributed by atoms with Gasteiger partial charge in [0.25, 0.3) is 0 Å². The van der Waals surface area contributed by atoms with Crippen LogP contribution >= 0.6 is 0 Å². The lowest BCUT2D eigenvalue weighted by atomic mass is 9.86. The molecule has 0 saturated carbocycles. The van der Waals surface area contributed by atoms with Gasteiger partial charge in [-0.25, -0.2) is 0 Å². The molecule has 104 valence electrons. The highest BCUT2D eigenvalue weighted by Gasteiger charge is 2.25. The predicted molar refractivity (Wildman–Crippen MR) is 83.6 cm³/mol. The Morgan fingerprint density at radius 3 is 2.68 bits per heavy atom. The molecule has 1 heterocycles. The topological polar surface area (TPSA) is 15.6 Å². The first-order valence-corrected chi connectivity index (χ1v) is 7.64. The molecule has 0 bridgehead atoms. The van der Waals surface area contributed by atoms with Gasteiger partial charge in [-0.3, -0.25) is 4.99 Å². The summed E-state index contributed by atoms with van der Waals surface area (Å²) in [6.45, 7) is 12.0. The molecule has 1 aliphatic carbocycles. The molecule has 2 rings (SSSR count). The van der Waals surface area contributed by atoms with Gasteiger partial charge in [0.2, 0.25) is 0 Å². The Morgan fingerprint density at radius 1 is 1.26 bits per heavy atom. The molecule has 0 fully saturated rings. The molecule has 0 amide bonds. The first-order valence-electron chi connectivity index (χ1n) is 7.64. The van der Waals surface area contributed by atoms with Gasteiger partial charge in [-0.05, 0) is 51.7 Å². The van der Waals surface area contributed by atoms with Crippen LogP contribution in [0, 0.1) is 0 Å². The number of rotatable bonds is 3. The van der Waals surface area contributed by atoms with Gasteiger partial charge in [-0.2, -0.15) is 0 Å². The molecule has 0 unspecified atom stereocenters. The zero-order chi connectivity index (χ0) is 13.8. The van der Waals surface area contributed by atoms with Crippen LogP contribution in [0.2, 0.25) is 0 Å². The third-order valence-corrected chi connectivity index (χ3v) is 4.14. The summed E-state index contributed by atoms with van der Waals surface area (Å²) < 4.78 is 0. The van der Waals surface area contributed by atoms with E-state index in [2.05, 4.69) is 44.7 Å². The van der Waals surface area contributed by atoms with E-state index in [1.165, 1.54) is 47.5 Å². The van der Waals surface area contributed by atoms with Crippen molar-refractivity contribution >= 4 is 5.71 Å². The first kappa shape index (κ1) is 14.1. The zero-order valence-electron chi connectivity index (χ0n) is 12.8. The van der Waals surface area contributed by atoms with Crippen LogP contribution < -0.4 is 0 Å². The smallest absolute Gasteiger partial charge is 0.0698 e. The molecule has 0 atom stereocenters. The van der Waals surface area contributed by atoms with Crippen LogP contribution in [0.25, 0.3) is 0 Å². The van der Waals surface area contributed by atoms with E-state index in [0.29, 0.717) is 0 Å². The zero-order valence-corrected chi connectivity index (χ0v) is 12.8. The molecule has 0 radical (unpaired) electrons. The summed E-state index contributed by atoms with van der Waals surface area (Å²) in [6, 6.07) is 0. The van der Waals surface area contributed by atoms with E-state index < -0.39 is 0 Å². The number of hydrogen-bond donors (Lipinski definition) is 0. The Hall–Kier alpha value is -1.31. The highest BCUT2D eigenvalue weighted by Crippen LogP contribution is 2.32. The Balaban J connectivity index is 2.50. The lowest BCUT2D eigenvalue weighted by Crippen LogP contribution is -2.32. The molecule has 0 aromatic carbocycles. The molecular formula is C17H26N2. The van der Waals surface area contributed by atoms with Gasteiger partial charge < -0.3 is 4.90 Å². The average molecular weight is 258 g/mol. The maximum atomic E-state index is 4.81. The highest BCUT2D eigenvalue weighted by molar-refractivity contribution is 6.16. The number of aliphatic imine (C=N–C) groups is 1. The van der Waals surface area contributed by atoms with E-state index in [4.69, 9.17) is 4.99 Å². The molecule has 0 spiro atoms. The van der Waals surface area contributed by atoms with Crippen LogP contribution in [0.15, 0.2) is 39.6 Å². The Morgan fingerprint density at radius 2 is 2.05 bits per heavy atom. The molecule has 2 aliphatic rings. The van der Waals surface area contributed by atoms with E-state index in [1.54, 1.807) is 0 Å². The van der Waals surface area contributed by atoms with E-state index >= 15 is 0 Å². The summed E-state index contributed by atoms with van der Waals surface area (Å²) in [5.74, 6) is 0. The fourth-order valence-corrected chi connectivity index (χ4v) is 2.94. The van der Waals surface area contributed by atoms with Crippen LogP contribution in [0.5, 0.6) is 0 Å². The second-order valence-corrected chi connectivity index (χ2v) is 5.25. The third-order valence-electron chi connectivity index (χ3n) is 4.14. The molecule has 2 nitrogen and oxygen atoms in total. The summed E-state index contributed by atoms with van der Waals surface area (Å²) in [5.41, 5.74) is 6.95. The van der Waals surface area contributed by atoms with Crippen molar-refractivity contribution in [1.82, 2.24) is 4.90 Å². The van der Waals surface area contributed by atoms with Gasteiger partial charge in [0.15, 0.2) is 0 Å². The van der Waals surface area contributed by atoms with Crippen molar-refractivity contribution in [2.45, 2.75) is 47.0 Å². The van der Waals surface area contributed by atoms with Crippen LogP contribution in [-0.4, -0.2) is 30.2 Å². The van der Waals surface area contributed by atoms with Crippen LogP contribution in [0.4, 0.5) is 0 Å². The molecule has 0 saturated heterocycles. The van der Waals surface area contributed by atoms with Crippen LogP contribution in [-0.2, 0) is 0 Å². The second-order valence-electron chi connectivity index (χ2n) is 5.25. The lowest BCUT2D eigenvalue weighted by molar-refractivity contribution is 0.346. The van der Waals surface area contributed by atoms with Crippen molar-refractivity contribution in [2.24, 2.45) is 4.99 Å². The maximum Gasteiger partial charge on any atom is 0.0698 e. The van der Waals surface area contributed by atoms with E-state index in [1.807, 2.05) is 0 Å². The van der Waals surface area contributed by atoms with Crippen LogP contribution in [0.1, 0.15) is 47.0 Å². The minimum Gasteiger partial charge on any atom is -0.372 e.